The summed E-state index contributed by atoms with van der Waals surface area (Å²) in [5, 5.41) is 3.33. The van der Waals surface area contributed by atoms with Gasteiger partial charge in [0.25, 0.3) is 0 Å². The molecular formula is C25H40N2O5. The lowest BCUT2D eigenvalue weighted by Gasteiger charge is -2.35. The van der Waals surface area contributed by atoms with Crippen LogP contribution in [-0.2, 0) is 25.4 Å². The maximum atomic E-state index is 13.2. The van der Waals surface area contributed by atoms with E-state index in [0.717, 1.165) is 5.56 Å². The first-order chi connectivity index (χ1) is 14.8. The summed E-state index contributed by atoms with van der Waals surface area (Å²) in [7, 11) is 1.40. The fourth-order valence-electron chi connectivity index (χ4n) is 4.13. The van der Waals surface area contributed by atoms with Gasteiger partial charge in [0.05, 0.1) is 19.3 Å². The lowest BCUT2D eigenvalue weighted by atomic mass is 9.99. The van der Waals surface area contributed by atoms with Crippen molar-refractivity contribution < 1.29 is 23.8 Å². The molecular weight excluding hydrogens is 408 g/mol. The number of carbonyl (C=O) groups excluding carboxylic acids is 2. The van der Waals surface area contributed by atoms with Crippen LogP contribution in [-0.4, -0.2) is 60.1 Å². The predicted octanol–water partition coefficient (Wildman–Crippen LogP) is 4.15. The quantitative estimate of drug-likeness (QED) is 0.602. The highest BCUT2D eigenvalue weighted by Gasteiger charge is 2.51. The van der Waals surface area contributed by atoms with Crippen LogP contribution in [0.15, 0.2) is 30.3 Å². The molecule has 1 fully saturated rings. The van der Waals surface area contributed by atoms with E-state index in [1.165, 1.54) is 7.11 Å². The van der Waals surface area contributed by atoms with Crippen LogP contribution in [0.1, 0.15) is 60.5 Å². The number of rotatable bonds is 8. The number of ether oxygens (including phenoxy) is 3. The van der Waals surface area contributed by atoms with Gasteiger partial charge in [0.1, 0.15) is 17.4 Å². The van der Waals surface area contributed by atoms with Crippen molar-refractivity contribution in [2.24, 2.45) is 5.92 Å². The Morgan fingerprint density at radius 1 is 1.19 bits per heavy atom. The van der Waals surface area contributed by atoms with Crippen molar-refractivity contribution in [1.82, 2.24) is 10.2 Å². The number of esters is 1. The second-order valence-corrected chi connectivity index (χ2v) is 10.3. The Morgan fingerprint density at radius 2 is 1.81 bits per heavy atom. The molecule has 1 aromatic rings. The fourth-order valence-corrected chi connectivity index (χ4v) is 4.13. The normalized spacial score (nSPS) is 21.5. The monoisotopic (exact) mass is 448 g/mol. The zero-order valence-electron chi connectivity index (χ0n) is 20.8. The van der Waals surface area contributed by atoms with Gasteiger partial charge in [-0.1, -0.05) is 44.2 Å². The Kier molecular flexibility index (Phi) is 8.71. The first kappa shape index (κ1) is 26.1. The Morgan fingerprint density at radius 3 is 2.34 bits per heavy atom. The van der Waals surface area contributed by atoms with Gasteiger partial charge in [0, 0.05) is 6.54 Å². The second kappa shape index (κ2) is 10.7. The summed E-state index contributed by atoms with van der Waals surface area (Å²) < 4.78 is 17.1. The van der Waals surface area contributed by atoms with Crippen molar-refractivity contribution in [3.8, 4) is 0 Å². The molecule has 7 nitrogen and oxygen atoms in total. The molecule has 2 rings (SSSR count). The van der Waals surface area contributed by atoms with Crippen LogP contribution in [0, 0.1) is 5.92 Å². The molecule has 180 valence electrons. The minimum Gasteiger partial charge on any atom is -0.468 e. The lowest BCUT2D eigenvalue weighted by Crippen LogP contribution is -2.52. The minimum absolute atomic E-state index is 0.257. The molecule has 32 heavy (non-hydrogen) atoms. The molecule has 0 aromatic heterocycles. The summed E-state index contributed by atoms with van der Waals surface area (Å²) in [6.07, 6.45) is 0.542. The smallest absolute Gasteiger partial charge is 0.412 e. The molecule has 1 saturated heterocycles. The topological polar surface area (TPSA) is 77.1 Å². The summed E-state index contributed by atoms with van der Waals surface area (Å²) in [6.45, 7) is 13.9. The Hall–Kier alpha value is -2.12. The van der Waals surface area contributed by atoms with E-state index < -0.39 is 23.5 Å². The van der Waals surface area contributed by atoms with Gasteiger partial charge < -0.3 is 19.5 Å². The van der Waals surface area contributed by atoms with Gasteiger partial charge in [-0.2, -0.15) is 0 Å². The number of amides is 1. The molecule has 1 heterocycles. The maximum absolute atomic E-state index is 13.2. The molecule has 0 bridgehead atoms. The molecule has 0 saturated carbocycles. The third kappa shape index (κ3) is 7.20. The minimum atomic E-state index is -0.854. The fraction of sp³-hybridized carbons (Fsp3) is 0.680. The standard InChI is InChI=1S/C25H40N2O5/c1-17(2)14-19(22(28)30-8)26-16-21-20(15-18-12-10-9-11-13-18)27(25(6,7)31-21)23(29)32-24(3,4)5/h9-13,17,19-21,26H,14-16H2,1-8H3/t19-,20-,21-/m0/s1. The molecule has 0 spiro atoms. The summed E-state index contributed by atoms with van der Waals surface area (Å²) in [4.78, 5) is 27.2. The van der Waals surface area contributed by atoms with Crippen molar-refractivity contribution >= 4 is 12.1 Å². The molecule has 7 heteroatoms. The number of benzene rings is 1. The maximum Gasteiger partial charge on any atom is 0.412 e. The van der Waals surface area contributed by atoms with Crippen LogP contribution in [0.25, 0.3) is 0 Å². The van der Waals surface area contributed by atoms with Crippen molar-refractivity contribution in [2.45, 2.75) is 90.8 Å². The van der Waals surface area contributed by atoms with Gasteiger partial charge in [-0.15, -0.1) is 0 Å². The molecule has 1 N–H and O–H groups in total. The van der Waals surface area contributed by atoms with Crippen molar-refractivity contribution in [3.05, 3.63) is 35.9 Å². The van der Waals surface area contributed by atoms with Crippen LogP contribution >= 0.6 is 0 Å². The zero-order chi connectivity index (χ0) is 24.1. The summed E-state index contributed by atoms with van der Waals surface area (Å²) >= 11 is 0. The Balaban J connectivity index is 2.28. The number of carbonyl (C=O) groups is 2. The van der Waals surface area contributed by atoms with E-state index in [0.29, 0.717) is 25.3 Å². The van der Waals surface area contributed by atoms with Gasteiger partial charge >= 0.3 is 12.1 Å². The van der Waals surface area contributed by atoms with Gasteiger partial charge in [-0.25, -0.2) is 4.79 Å². The van der Waals surface area contributed by atoms with E-state index in [-0.39, 0.29) is 18.1 Å². The van der Waals surface area contributed by atoms with Gasteiger partial charge in [-0.3, -0.25) is 9.69 Å². The molecule has 1 aliphatic rings. The second-order valence-electron chi connectivity index (χ2n) is 10.3. The predicted molar refractivity (Wildman–Crippen MR) is 124 cm³/mol. The van der Waals surface area contributed by atoms with Crippen LogP contribution in [0.5, 0.6) is 0 Å². The van der Waals surface area contributed by atoms with E-state index in [4.69, 9.17) is 14.2 Å². The molecule has 0 unspecified atom stereocenters. The van der Waals surface area contributed by atoms with E-state index >= 15 is 0 Å². The van der Waals surface area contributed by atoms with Crippen LogP contribution in [0.4, 0.5) is 4.79 Å². The Labute approximate surface area is 192 Å². The summed E-state index contributed by atoms with van der Waals surface area (Å²) in [5.74, 6) is 0.0329. The molecule has 0 aliphatic carbocycles. The molecule has 1 aromatic carbocycles. The average molecular weight is 449 g/mol. The van der Waals surface area contributed by atoms with E-state index in [1.54, 1.807) is 4.90 Å². The van der Waals surface area contributed by atoms with E-state index in [1.807, 2.05) is 65.0 Å². The van der Waals surface area contributed by atoms with Gasteiger partial charge in [0.2, 0.25) is 0 Å². The molecule has 1 amide bonds. The third-order valence-electron chi connectivity index (χ3n) is 5.42. The first-order valence-electron chi connectivity index (χ1n) is 11.4. The van der Waals surface area contributed by atoms with Crippen LogP contribution in [0.2, 0.25) is 0 Å². The summed E-state index contributed by atoms with van der Waals surface area (Å²) in [6, 6.07) is 9.33. The zero-order valence-corrected chi connectivity index (χ0v) is 20.8. The van der Waals surface area contributed by atoms with Crippen LogP contribution < -0.4 is 5.32 Å². The number of hydrogen-bond acceptors (Lipinski definition) is 6. The number of nitrogens with zero attached hydrogens (tertiary/aromatic N) is 1. The number of nitrogens with one attached hydrogen (secondary N) is 1. The first-order valence-corrected chi connectivity index (χ1v) is 11.4. The highest BCUT2D eigenvalue weighted by Crippen LogP contribution is 2.35. The summed E-state index contributed by atoms with van der Waals surface area (Å²) in [5.41, 5.74) is -0.370. The average Bonchev–Trinajstić information content (AvgIpc) is 2.93. The van der Waals surface area contributed by atoms with Crippen molar-refractivity contribution in [2.75, 3.05) is 13.7 Å². The van der Waals surface area contributed by atoms with Gasteiger partial charge in [-0.05, 0) is 58.9 Å². The van der Waals surface area contributed by atoms with Crippen molar-refractivity contribution in [3.63, 3.8) is 0 Å². The SMILES string of the molecule is COC(=O)[C@H](CC(C)C)NC[C@@H]1OC(C)(C)N(C(=O)OC(C)(C)C)[C@H]1Cc1ccccc1. The largest absolute Gasteiger partial charge is 0.468 e. The van der Waals surface area contributed by atoms with E-state index in [9.17, 15) is 9.59 Å². The van der Waals surface area contributed by atoms with E-state index in [2.05, 4.69) is 19.2 Å². The lowest BCUT2D eigenvalue weighted by molar-refractivity contribution is -0.143. The third-order valence-corrected chi connectivity index (χ3v) is 5.42. The highest BCUT2D eigenvalue weighted by molar-refractivity contribution is 5.75. The van der Waals surface area contributed by atoms with Crippen molar-refractivity contribution in [1.29, 1.82) is 0 Å². The number of methoxy groups -OCH3 is 1. The Bertz CT molecular complexity index is 757. The molecule has 3 atom stereocenters. The highest BCUT2D eigenvalue weighted by atomic mass is 16.6. The van der Waals surface area contributed by atoms with Crippen LogP contribution in [0.3, 0.4) is 0 Å². The molecule has 0 radical (unpaired) electrons. The van der Waals surface area contributed by atoms with Gasteiger partial charge in [0.15, 0.2) is 0 Å². The number of hydrogen-bond donors (Lipinski definition) is 1. The molecule has 1 aliphatic heterocycles.